The van der Waals surface area contributed by atoms with Crippen LogP contribution in [-0.2, 0) is 4.79 Å². The number of benzene rings is 1. The summed E-state index contributed by atoms with van der Waals surface area (Å²) in [4.78, 5) is 28.6. The van der Waals surface area contributed by atoms with Crippen LogP contribution in [-0.4, -0.2) is 46.0 Å². The summed E-state index contributed by atoms with van der Waals surface area (Å²) >= 11 is 0. The number of nitriles is 1. The van der Waals surface area contributed by atoms with Gasteiger partial charge in [0.15, 0.2) is 0 Å². The van der Waals surface area contributed by atoms with Gasteiger partial charge in [-0.25, -0.2) is 0 Å². The van der Waals surface area contributed by atoms with Crippen molar-refractivity contribution in [3.8, 4) is 6.07 Å². The highest BCUT2D eigenvalue weighted by Gasteiger charge is 2.36. The van der Waals surface area contributed by atoms with Gasteiger partial charge in [-0.15, -0.1) is 0 Å². The van der Waals surface area contributed by atoms with Gasteiger partial charge in [-0.2, -0.15) is 10.4 Å². The molecule has 26 heavy (non-hydrogen) atoms. The fraction of sp³-hybridized carbons (Fsp3) is 0.368. The molecule has 0 radical (unpaired) electrons. The van der Waals surface area contributed by atoms with Gasteiger partial charge in [0.1, 0.15) is 18.3 Å². The van der Waals surface area contributed by atoms with E-state index in [2.05, 4.69) is 16.3 Å². The topological polar surface area (TPSA) is 93.1 Å². The minimum atomic E-state index is -0.234. The molecule has 1 aromatic carbocycles. The van der Waals surface area contributed by atoms with Gasteiger partial charge < -0.3 is 9.80 Å². The summed E-state index contributed by atoms with van der Waals surface area (Å²) in [5.41, 5.74) is 2.40. The van der Waals surface area contributed by atoms with E-state index in [9.17, 15) is 14.9 Å². The van der Waals surface area contributed by atoms with E-state index in [4.69, 9.17) is 0 Å². The van der Waals surface area contributed by atoms with Crippen LogP contribution in [0.1, 0.15) is 47.4 Å². The molecule has 0 bridgehead atoms. The van der Waals surface area contributed by atoms with E-state index in [1.165, 1.54) is 0 Å². The van der Waals surface area contributed by atoms with Gasteiger partial charge in [0.05, 0.1) is 11.3 Å². The molecule has 7 nitrogen and oxygen atoms in total. The largest absolute Gasteiger partial charge is 0.323 e. The number of anilines is 1. The molecule has 7 heteroatoms. The normalized spacial score (nSPS) is 20.2. The number of nitrogens with one attached hydrogen (secondary N) is 1. The number of rotatable bonds is 3. The van der Waals surface area contributed by atoms with Crippen molar-refractivity contribution in [2.75, 3.05) is 18.0 Å². The molecule has 1 aromatic heterocycles. The monoisotopic (exact) mass is 349 g/mol. The fourth-order valence-electron chi connectivity index (χ4n) is 3.36. The van der Waals surface area contributed by atoms with Crippen LogP contribution in [0, 0.1) is 11.3 Å². The molecule has 2 heterocycles. The smallest absolute Gasteiger partial charge is 0.275 e. The molecule has 1 unspecified atom stereocenters. The second kappa shape index (κ2) is 6.30. The zero-order valence-electron chi connectivity index (χ0n) is 14.5. The predicted octanol–water partition coefficient (Wildman–Crippen LogP) is 2.04. The van der Waals surface area contributed by atoms with Crippen LogP contribution in [0.15, 0.2) is 30.3 Å². The van der Waals surface area contributed by atoms with Crippen LogP contribution in [0.25, 0.3) is 0 Å². The van der Waals surface area contributed by atoms with Crippen molar-refractivity contribution < 1.29 is 9.59 Å². The van der Waals surface area contributed by atoms with Crippen molar-refractivity contribution in [2.24, 2.45) is 0 Å². The van der Waals surface area contributed by atoms with E-state index in [1.807, 2.05) is 6.92 Å². The maximum absolute atomic E-state index is 12.8. The predicted molar refractivity (Wildman–Crippen MR) is 94.6 cm³/mol. The lowest BCUT2D eigenvalue weighted by Crippen LogP contribution is -2.57. The molecule has 4 rings (SSSR count). The van der Waals surface area contributed by atoms with E-state index in [-0.39, 0.29) is 24.4 Å². The zero-order chi connectivity index (χ0) is 18.3. The first-order valence-electron chi connectivity index (χ1n) is 8.74. The van der Waals surface area contributed by atoms with Crippen molar-refractivity contribution in [3.05, 3.63) is 47.3 Å². The number of para-hydroxylation sites is 1. The van der Waals surface area contributed by atoms with E-state index >= 15 is 0 Å². The van der Waals surface area contributed by atoms with Crippen molar-refractivity contribution >= 4 is 17.5 Å². The van der Waals surface area contributed by atoms with Gasteiger partial charge in [-0.1, -0.05) is 12.1 Å². The Hall–Kier alpha value is -3.14. The number of hydrogen-bond donors (Lipinski definition) is 1. The Morgan fingerprint density at radius 3 is 2.85 bits per heavy atom. The molecule has 2 fully saturated rings. The van der Waals surface area contributed by atoms with Gasteiger partial charge in [0.2, 0.25) is 5.91 Å². The molecule has 1 aliphatic carbocycles. The minimum absolute atomic E-state index is 0.0224. The van der Waals surface area contributed by atoms with Crippen molar-refractivity contribution in [3.63, 3.8) is 0 Å². The molecule has 132 valence electrons. The van der Waals surface area contributed by atoms with E-state index in [0.717, 1.165) is 18.5 Å². The Kier molecular flexibility index (Phi) is 3.96. The van der Waals surface area contributed by atoms with Gasteiger partial charge >= 0.3 is 0 Å². The van der Waals surface area contributed by atoms with Gasteiger partial charge in [-0.3, -0.25) is 14.7 Å². The molecular formula is C19H19N5O2. The Labute approximate surface area is 151 Å². The number of hydrogen-bond acceptors (Lipinski definition) is 4. The lowest BCUT2D eigenvalue weighted by Gasteiger charge is -2.39. The minimum Gasteiger partial charge on any atom is -0.323 e. The van der Waals surface area contributed by atoms with Crippen molar-refractivity contribution in [2.45, 2.75) is 31.7 Å². The van der Waals surface area contributed by atoms with Gasteiger partial charge in [0.25, 0.3) is 5.91 Å². The highest BCUT2D eigenvalue weighted by atomic mass is 16.2. The highest BCUT2D eigenvalue weighted by molar-refractivity contribution is 6.02. The standard InChI is InChI=1S/C19H19N5O2/c1-12-10-24(17-5-3-2-4-14(17)9-20)18(25)11-23(12)19(26)16-8-15(21-22-16)13-6-7-13/h2-5,8,12-13H,6-7,10-11H2,1H3,(H,21,22). The fourth-order valence-corrected chi connectivity index (χ4v) is 3.36. The molecule has 1 aliphatic heterocycles. The van der Waals surface area contributed by atoms with Crippen molar-refractivity contribution in [1.29, 1.82) is 5.26 Å². The van der Waals surface area contributed by atoms with Crippen LogP contribution >= 0.6 is 0 Å². The number of aromatic nitrogens is 2. The van der Waals surface area contributed by atoms with Crippen LogP contribution in [0.5, 0.6) is 0 Å². The summed E-state index contributed by atoms with van der Waals surface area (Å²) in [6.45, 7) is 2.23. The van der Waals surface area contributed by atoms with E-state index < -0.39 is 0 Å². The lowest BCUT2D eigenvalue weighted by molar-refractivity contribution is -0.121. The number of H-pyrrole nitrogens is 1. The quantitative estimate of drug-likeness (QED) is 0.917. The summed E-state index contributed by atoms with van der Waals surface area (Å²) in [5.74, 6) is 0.0572. The Morgan fingerprint density at radius 1 is 1.35 bits per heavy atom. The maximum Gasteiger partial charge on any atom is 0.275 e. The average Bonchev–Trinajstić information content (AvgIpc) is 3.39. The molecule has 0 spiro atoms. The molecule has 2 aromatic rings. The first kappa shape index (κ1) is 16.3. The molecule has 1 saturated heterocycles. The highest BCUT2D eigenvalue weighted by Crippen LogP contribution is 2.39. The van der Waals surface area contributed by atoms with Crippen LogP contribution in [0.4, 0.5) is 5.69 Å². The SMILES string of the molecule is CC1CN(c2ccccc2C#N)C(=O)CN1C(=O)c1cc(C2CC2)[nH]n1. The van der Waals surface area contributed by atoms with E-state index in [0.29, 0.717) is 29.4 Å². The Balaban J connectivity index is 1.53. The number of amides is 2. The summed E-state index contributed by atoms with van der Waals surface area (Å²) < 4.78 is 0. The first-order chi connectivity index (χ1) is 12.6. The summed E-state index contributed by atoms with van der Waals surface area (Å²) in [7, 11) is 0. The molecular weight excluding hydrogens is 330 g/mol. The molecule has 1 atom stereocenters. The maximum atomic E-state index is 12.8. The lowest BCUT2D eigenvalue weighted by atomic mass is 10.1. The van der Waals surface area contributed by atoms with E-state index in [1.54, 1.807) is 40.1 Å². The van der Waals surface area contributed by atoms with Crippen LogP contribution in [0.3, 0.4) is 0 Å². The summed E-state index contributed by atoms with van der Waals surface area (Å²) in [6, 6.07) is 10.8. The van der Waals surface area contributed by atoms with Gasteiger partial charge in [0, 0.05) is 24.2 Å². The molecule has 1 saturated carbocycles. The number of aromatic amines is 1. The average molecular weight is 349 g/mol. The second-order valence-corrected chi connectivity index (χ2v) is 6.90. The second-order valence-electron chi connectivity index (χ2n) is 6.90. The molecule has 2 aliphatic rings. The van der Waals surface area contributed by atoms with Crippen LogP contribution in [0.2, 0.25) is 0 Å². The molecule has 2 amide bonds. The van der Waals surface area contributed by atoms with Crippen molar-refractivity contribution in [1.82, 2.24) is 15.1 Å². The van der Waals surface area contributed by atoms with Crippen LogP contribution < -0.4 is 4.90 Å². The number of nitrogens with zero attached hydrogens (tertiary/aromatic N) is 4. The number of carbonyl (C=O) groups excluding carboxylic acids is 2. The zero-order valence-corrected chi connectivity index (χ0v) is 14.5. The number of piperazine rings is 1. The number of carbonyl (C=O) groups is 2. The van der Waals surface area contributed by atoms with Gasteiger partial charge in [-0.05, 0) is 38.0 Å². The first-order valence-corrected chi connectivity index (χ1v) is 8.74. The Bertz CT molecular complexity index is 909. The summed E-state index contributed by atoms with van der Waals surface area (Å²) in [6.07, 6.45) is 2.25. The molecule has 1 N–H and O–H groups in total. The third-order valence-corrected chi connectivity index (χ3v) is 5.00. The summed E-state index contributed by atoms with van der Waals surface area (Å²) in [5, 5.41) is 16.3. The third kappa shape index (κ3) is 2.84. The third-order valence-electron chi connectivity index (χ3n) is 5.00. The Morgan fingerprint density at radius 2 is 2.12 bits per heavy atom.